The highest BCUT2D eigenvalue weighted by Gasteiger charge is 2.24. The van der Waals surface area contributed by atoms with Crippen molar-refractivity contribution < 1.29 is 4.79 Å². The lowest BCUT2D eigenvalue weighted by Gasteiger charge is -2.34. The number of carbonyl (C=O) groups is 1. The lowest BCUT2D eigenvalue weighted by atomic mass is 10.3. The molecule has 148 valence electrons. The number of hydrogen-bond acceptors (Lipinski definition) is 6. The van der Waals surface area contributed by atoms with Gasteiger partial charge < -0.3 is 14.4 Å². The molecule has 8 heteroatoms. The summed E-state index contributed by atoms with van der Waals surface area (Å²) in [6, 6.07) is 11.9. The Labute approximate surface area is 172 Å². The lowest BCUT2D eigenvalue weighted by Crippen LogP contribution is -2.49. The molecule has 0 aliphatic carbocycles. The zero-order valence-corrected chi connectivity index (χ0v) is 17.1. The smallest absolute Gasteiger partial charge is 0.242 e. The molecule has 0 bridgehead atoms. The summed E-state index contributed by atoms with van der Waals surface area (Å²) in [4.78, 5) is 31.9. The van der Waals surface area contributed by atoms with Crippen molar-refractivity contribution in [1.82, 2.24) is 24.4 Å². The van der Waals surface area contributed by atoms with Gasteiger partial charge in [0.2, 0.25) is 5.91 Å². The molecule has 0 unspecified atom stereocenters. The summed E-state index contributed by atoms with van der Waals surface area (Å²) in [5, 5.41) is 0.986. The van der Waals surface area contributed by atoms with Gasteiger partial charge in [0.1, 0.15) is 22.7 Å². The van der Waals surface area contributed by atoms with Gasteiger partial charge in [-0.1, -0.05) is 30.4 Å². The highest BCUT2D eigenvalue weighted by Crippen LogP contribution is 2.27. The molecule has 0 spiro atoms. The molecule has 0 atom stereocenters. The Morgan fingerprint density at radius 3 is 2.62 bits per heavy atom. The van der Waals surface area contributed by atoms with Gasteiger partial charge in [-0.05, 0) is 24.3 Å². The summed E-state index contributed by atoms with van der Waals surface area (Å²) in [6.07, 6.45) is 2.60. The standard InChI is InChI=1S/C21H22N6OS/c1-2-18-23-15-6-3-4-8-17(15)27(18)14-19(28)25-10-12-26(13-11-25)21-24-16-7-5-9-22-20(16)29-21/h3-9H,2,10-14H2,1H3. The number of fused-ring (bicyclic) bond motifs is 2. The molecule has 4 heterocycles. The quantitative estimate of drug-likeness (QED) is 0.521. The third kappa shape index (κ3) is 3.33. The van der Waals surface area contributed by atoms with Gasteiger partial charge in [-0.25, -0.2) is 15.0 Å². The van der Waals surface area contributed by atoms with E-state index >= 15 is 0 Å². The zero-order valence-electron chi connectivity index (χ0n) is 16.3. The highest BCUT2D eigenvalue weighted by atomic mass is 32.1. The number of hydrogen-bond donors (Lipinski definition) is 0. The molecule has 4 aromatic rings. The number of piperazine rings is 1. The second kappa shape index (κ2) is 7.44. The van der Waals surface area contributed by atoms with E-state index in [0.29, 0.717) is 19.6 Å². The Kier molecular flexibility index (Phi) is 4.63. The molecule has 29 heavy (non-hydrogen) atoms. The van der Waals surface area contributed by atoms with E-state index in [1.165, 1.54) is 0 Å². The normalized spacial score (nSPS) is 14.8. The summed E-state index contributed by atoms with van der Waals surface area (Å²) in [6.45, 7) is 5.41. The van der Waals surface area contributed by atoms with Gasteiger partial charge in [-0.15, -0.1) is 0 Å². The van der Waals surface area contributed by atoms with E-state index in [-0.39, 0.29) is 5.91 Å². The SMILES string of the molecule is CCc1nc2ccccc2n1CC(=O)N1CCN(c2nc3cccnc3s2)CC1. The molecule has 0 N–H and O–H groups in total. The second-order valence-electron chi connectivity index (χ2n) is 7.15. The van der Waals surface area contributed by atoms with Crippen LogP contribution in [-0.2, 0) is 17.8 Å². The van der Waals surface area contributed by atoms with Crippen molar-refractivity contribution in [3.05, 3.63) is 48.4 Å². The van der Waals surface area contributed by atoms with E-state index in [1.54, 1.807) is 17.5 Å². The molecule has 0 radical (unpaired) electrons. The second-order valence-corrected chi connectivity index (χ2v) is 8.10. The van der Waals surface area contributed by atoms with E-state index in [2.05, 4.69) is 26.4 Å². The minimum atomic E-state index is 0.147. The number of nitrogens with zero attached hydrogens (tertiary/aromatic N) is 6. The number of pyridine rings is 1. The van der Waals surface area contributed by atoms with Crippen LogP contribution < -0.4 is 4.90 Å². The van der Waals surface area contributed by atoms with E-state index in [0.717, 1.165) is 51.8 Å². The highest BCUT2D eigenvalue weighted by molar-refractivity contribution is 7.21. The van der Waals surface area contributed by atoms with Crippen LogP contribution >= 0.6 is 11.3 Å². The Morgan fingerprint density at radius 2 is 1.83 bits per heavy atom. The van der Waals surface area contributed by atoms with Crippen molar-refractivity contribution >= 4 is 43.8 Å². The van der Waals surface area contributed by atoms with Crippen LogP contribution in [0.25, 0.3) is 21.4 Å². The Bertz CT molecular complexity index is 1140. The Hall–Kier alpha value is -3.00. The maximum atomic E-state index is 13.0. The van der Waals surface area contributed by atoms with Gasteiger partial charge in [-0.2, -0.15) is 0 Å². The van der Waals surface area contributed by atoms with Crippen molar-refractivity contribution in [3.8, 4) is 0 Å². The number of amides is 1. The predicted octanol–water partition coefficient (Wildman–Crippen LogP) is 2.95. The maximum Gasteiger partial charge on any atom is 0.242 e. The van der Waals surface area contributed by atoms with Gasteiger partial charge in [0.15, 0.2) is 5.13 Å². The average molecular weight is 407 g/mol. The first-order chi connectivity index (χ1) is 14.2. The van der Waals surface area contributed by atoms with Crippen molar-refractivity contribution in [2.75, 3.05) is 31.1 Å². The van der Waals surface area contributed by atoms with Crippen LogP contribution in [0.15, 0.2) is 42.6 Å². The number of aryl methyl sites for hydroxylation is 1. The molecule has 1 aliphatic rings. The summed E-state index contributed by atoms with van der Waals surface area (Å²) in [7, 11) is 0. The largest absolute Gasteiger partial charge is 0.344 e. The van der Waals surface area contributed by atoms with E-state index in [4.69, 9.17) is 4.98 Å². The van der Waals surface area contributed by atoms with Crippen LogP contribution in [0.3, 0.4) is 0 Å². The summed E-state index contributed by atoms with van der Waals surface area (Å²) in [5.41, 5.74) is 2.91. The third-order valence-corrected chi connectivity index (χ3v) is 6.44. The predicted molar refractivity (Wildman–Crippen MR) is 115 cm³/mol. The van der Waals surface area contributed by atoms with Crippen LogP contribution in [0.1, 0.15) is 12.7 Å². The molecule has 3 aromatic heterocycles. The first-order valence-electron chi connectivity index (χ1n) is 9.91. The molecule has 1 aliphatic heterocycles. The van der Waals surface area contributed by atoms with Crippen molar-refractivity contribution in [2.24, 2.45) is 0 Å². The number of anilines is 1. The molecule has 1 amide bonds. The van der Waals surface area contributed by atoms with Gasteiger partial charge in [0.05, 0.1) is 11.0 Å². The lowest BCUT2D eigenvalue weighted by molar-refractivity contribution is -0.132. The van der Waals surface area contributed by atoms with Crippen molar-refractivity contribution in [1.29, 1.82) is 0 Å². The van der Waals surface area contributed by atoms with Crippen LogP contribution in [0.5, 0.6) is 0 Å². The number of benzene rings is 1. The molecule has 0 saturated carbocycles. The first kappa shape index (κ1) is 18.1. The minimum absolute atomic E-state index is 0.147. The fourth-order valence-corrected chi connectivity index (χ4v) is 4.81. The molecular weight excluding hydrogens is 384 g/mol. The Balaban J connectivity index is 1.28. The van der Waals surface area contributed by atoms with Crippen LogP contribution in [0.4, 0.5) is 5.13 Å². The van der Waals surface area contributed by atoms with Gasteiger partial charge in [0.25, 0.3) is 0 Å². The molecule has 1 saturated heterocycles. The van der Waals surface area contributed by atoms with Crippen LogP contribution in [-0.4, -0.2) is 56.5 Å². The fourth-order valence-electron chi connectivity index (χ4n) is 3.85. The fraction of sp³-hybridized carbons (Fsp3) is 0.333. The molecule has 5 rings (SSSR count). The van der Waals surface area contributed by atoms with Gasteiger partial charge >= 0.3 is 0 Å². The molecule has 1 fully saturated rings. The van der Waals surface area contributed by atoms with Crippen molar-refractivity contribution in [3.63, 3.8) is 0 Å². The number of rotatable bonds is 4. The topological polar surface area (TPSA) is 67.2 Å². The Morgan fingerprint density at radius 1 is 1.03 bits per heavy atom. The van der Waals surface area contributed by atoms with E-state index in [1.807, 2.05) is 41.3 Å². The van der Waals surface area contributed by atoms with E-state index < -0.39 is 0 Å². The molecule has 1 aromatic carbocycles. The summed E-state index contributed by atoms with van der Waals surface area (Å²) < 4.78 is 2.06. The third-order valence-electron chi connectivity index (χ3n) is 5.40. The molecular formula is C21H22N6OS. The number of aromatic nitrogens is 4. The minimum Gasteiger partial charge on any atom is -0.344 e. The zero-order chi connectivity index (χ0) is 19.8. The maximum absolute atomic E-state index is 13.0. The van der Waals surface area contributed by atoms with Crippen LogP contribution in [0, 0.1) is 0 Å². The average Bonchev–Trinajstić information content (AvgIpc) is 3.35. The van der Waals surface area contributed by atoms with Crippen LogP contribution in [0.2, 0.25) is 0 Å². The summed E-state index contributed by atoms with van der Waals surface area (Å²) in [5.74, 6) is 1.11. The summed E-state index contributed by atoms with van der Waals surface area (Å²) >= 11 is 1.61. The first-order valence-corrected chi connectivity index (χ1v) is 10.7. The molecule has 7 nitrogen and oxygen atoms in total. The number of carbonyl (C=O) groups excluding carboxylic acids is 1. The van der Waals surface area contributed by atoms with E-state index in [9.17, 15) is 4.79 Å². The van der Waals surface area contributed by atoms with Crippen molar-refractivity contribution in [2.45, 2.75) is 19.9 Å². The number of thiazole rings is 1. The number of imidazole rings is 1. The van der Waals surface area contributed by atoms with Gasteiger partial charge in [0, 0.05) is 38.8 Å². The monoisotopic (exact) mass is 406 g/mol. The number of para-hydroxylation sites is 2. The van der Waals surface area contributed by atoms with Gasteiger partial charge in [-0.3, -0.25) is 4.79 Å².